The van der Waals surface area contributed by atoms with Gasteiger partial charge in [0, 0.05) is 11.1 Å². The van der Waals surface area contributed by atoms with Gasteiger partial charge in [-0.05, 0) is 62.8 Å². The molecule has 3 rings (SSSR count). The third kappa shape index (κ3) is 4.87. The number of anilines is 1. The molecule has 1 heterocycles. The standard InChI is InChI=1S/C21H24ClNO5S2/c1-11(2)28-21(25)18-14-7-5-12(3)9-17(14)29-20(18)23-19(24)15-10-13(30(4,26)27)6-8-16(15)22/h6,8,10-12H,5,7,9H2,1-4H3,(H,23,24)/t12-/m1/s1. The Morgan fingerprint density at radius 2 is 2.00 bits per heavy atom. The Kier molecular flexibility index (Phi) is 6.60. The molecule has 1 aliphatic carbocycles. The average molecular weight is 470 g/mol. The Hall–Kier alpha value is -1.90. The zero-order chi connectivity index (χ0) is 22.2. The number of sulfone groups is 1. The monoisotopic (exact) mass is 469 g/mol. The number of benzene rings is 1. The number of fused-ring (bicyclic) bond motifs is 1. The normalized spacial score (nSPS) is 16.3. The minimum absolute atomic E-state index is 0.00390. The molecule has 6 nitrogen and oxygen atoms in total. The molecule has 0 unspecified atom stereocenters. The van der Waals surface area contributed by atoms with Crippen molar-refractivity contribution in [3.63, 3.8) is 0 Å². The number of hydrogen-bond acceptors (Lipinski definition) is 6. The second-order valence-electron chi connectivity index (χ2n) is 7.88. The molecule has 0 saturated carbocycles. The van der Waals surface area contributed by atoms with Crippen molar-refractivity contribution in [1.29, 1.82) is 0 Å². The van der Waals surface area contributed by atoms with E-state index in [0.717, 1.165) is 36.0 Å². The van der Waals surface area contributed by atoms with Crippen LogP contribution < -0.4 is 5.32 Å². The molecule has 1 aromatic heterocycles. The van der Waals surface area contributed by atoms with Gasteiger partial charge in [0.15, 0.2) is 9.84 Å². The van der Waals surface area contributed by atoms with Gasteiger partial charge in [-0.1, -0.05) is 18.5 Å². The summed E-state index contributed by atoms with van der Waals surface area (Å²) in [6, 6.07) is 3.97. The molecule has 1 aliphatic rings. The topological polar surface area (TPSA) is 89.5 Å². The molecule has 1 amide bonds. The summed E-state index contributed by atoms with van der Waals surface area (Å²) in [7, 11) is -3.50. The van der Waals surface area contributed by atoms with Crippen molar-refractivity contribution in [1.82, 2.24) is 0 Å². The number of rotatable bonds is 5. The highest BCUT2D eigenvalue weighted by Crippen LogP contribution is 2.40. The van der Waals surface area contributed by atoms with Gasteiger partial charge in [0.05, 0.1) is 27.1 Å². The lowest BCUT2D eigenvalue weighted by atomic mass is 9.88. The van der Waals surface area contributed by atoms with Gasteiger partial charge in [0.1, 0.15) is 5.00 Å². The number of ether oxygens (including phenoxy) is 1. The van der Waals surface area contributed by atoms with E-state index in [2.05, 4.69) is 12.2 Å². The maximum atomic E-state index is 13.0. The second-order valence-corrected chi connectivity index (χ2v) is 11.4. The van der Waals surface area contributed by atoms with Crippen molar-refractivity contribution in [2.75, 3.05) is 11.6 Å². The fourth-order valence-corrected chi connectivity index (χ4v) is 5.65. The van der Waals surface area contributed by atoms with Crippen LogP contribution in [0.15, 0.2) is 23.1 Å². The van der Waals surface area contributed by atoms with Crippen LogP contribution in [0, 0.1) is 5.92 Å². The van der Waals surface area contributed by atoms with Gasteiger partial charge in [-0.2, -0.15) is 0 Å². The van der Waals surface area contributed by atoms with Crippen LogP contribution in [0.2, 0.25) is 5.02 Å². The number of thiophene rings is 1. The molecular weight excluding hydrogens is 446 g/mol. The van der Waals surface area contributed by atoms with E-state index in [0.29, 0.717) is 16.5 Å². The van der Waals surface area contributed by atoms with Gasteiger partial charge in [-0.15, -0.1) is 11.3 Å². The summed E-state index contributed by atoms with van der Waals surface area (Å²) in [5.74, 6) is -0.548. The lowest BCUT2D eigenvalue weighted by Gasteiger charge is -2.19. The van der Waals surface area contributed by atoms with Crippen LogP contribution in [0.3, 0.4) is 0 Å². The van der Waals surface area contributed by atoms with Crippen LogP contribution in [0.5, 0.6) is 0 Å². The van der Waals surface area contributed by atoms with Crippen LogP contribution in [0.4, 0.5) is 5.00 Å². The first-order valence-electron chi connectivity index (χ1n) is 9.63. The van der Waals surface area contributed by atoms with Crippen molar-refractivity contribution < 1.29 is 22.7 Å². The van der Waals surface area contributed by atoms with Crippen LogP contribution in [-0.2, 0) is 27.4 Å². The number of nitrogens with one attached hydrogen (secondary N) is 1. The van der Waals surface area contributed by atoms with Crippen LogP contribution in [0.25, 0.3) is 0 Å². The Morgan fingerprint density at radius 1 is 1.30 bits per heavy atom. The summed E-state index contributed by atoms with van der Waals surface area (Å²) >= 11 is 7.52. The molecule has 162 valence electrons. The highest BCUT2D eigenvalue weighted by Gasteiger charge is 2.30. The molecule has 0 aliphatic heterocycles. The van der Waals surface area contributed by atoms with E-state index in [9.17, 15) is 18.0 Å². The van der Waals surface area contributed by atoms with E-state index < -0.39 is 21.7 Å². The molecule has 1 atom stereocenters. The number of carbonyl (C=O) groups excluding carboxylic acids is 2. The van der Waals surface area contributed by atoms with E-state index in [-0.39, 0.29) is 21.6 Å². The number of amides is 1. The average Bonchev–Trinajstić information content (AvgIpc) is 2.97. The van der Waals surface area contributed by atoms with E-state index in [4.69, 9.17) is 16.3 Å². The van der Waals surface area contributed by atoms with Crippen molar-refractivity contribution in [2.24, 2.45) is 5.92 Å². The van der Waals surface area contributed by atoms with Crippen molar-refractivity contribution in [2.45, 2.75) is 51.0 Å². The number of halogens is 1. The van der Waals surface area contributed by atoms with Gasteiger partial charge in [-0.3, -0.25) is 4.79 Å². The molecule has 0 bridgehead atoms. The largest absolute Gasteiger partial charge is 0.459 e. The minimum Gasteiger partial charge on any atom is -0.459 e. The quantitative estimate of drug-likeness (QED) is 0.638. The smallest absolute Gasteiger partial charge is 0.341 e. The Bertz CT molecular complexity index is 1100. The molecule has 30 heavy (non-hydrogen) atoms. The van der Waals surface area contributed by atoms with Crippen LogP contribution in [-0.4, -0.2) is 32.7 Å². The fourth-order valence-electron chi connectivity index (χ4n) is 3.41. The molecular formula is C21H24ClNO5S2. The SMILES string of the molecule is CC(C)OC(=O)c1c(NC(=O)c2cc(S(C)(=O)=O)ccc2Cl)sc2c1CC[C@@H](C)C2. The van der Waals surface area contributed by atoms with Crippen molar-refractivity contribution in [3.05, 3.63) is 44.8 Å². The molecule has 2 aromatic rings. The van der Waals surface area contributed by atoms with E-state index >= 15 is 0 Å². The van der Waals surface area contributed by atoms with Crippen molar-refractivity contribution in [3.8, 4) is 0 Å². The maximum absolute atomic E-state index is 13.0. The molecule has 0 radical (unpaired) electrons. The molecule has 1 aromatic carbocycles. The second kappa shape index (κ2) is 8.69. The molecule has 1 N–H and O–H groups in total. The highest BCUT2D eigenvalue weighted by molar-refractivity contribution is 7.90. The molecule has 0 spiro atoms. The zero-order valence-electron chi connectivity index (χ0n) is 17.2. The summed E-state index contributed by atoms with van der Waals surface area (Å²) in [4.78, 5) is 26.8. The fraction of sp³-hybridized carbons (Fsp3) is 0.429. The highest BCUT2D eigenvalue weighted by atomic mass is 35.5. The van der Waals surface area contributed by atoms with Gasteiger partial charge in [-0.25, -0.2) is 13.2 Å². The summed E-state index contributed by atoms with van der Waals surface area (Å²) in [5, 5.41) is 3.31. The van der Waals surface area contributed by atoms with Gasteiger partial charge in [0.25, 0.3) is 5.91 Å². The van der Waals surface area contributed by atoms with Crippen LogP contribution in [0.1, 0.15) is 58.3 Å². The summed E-state index contributed by atoms with van der Waals surface area (Å²) in [6.45, 7) is 5.70. The Morgan fingerprint density at radius 3 is 2.63 bits per heavy atom. The van der Waals surface area contributed by atoms with Crippen molar-refractivity contribution >= 4 is 49.7 Å². The van der Waals surface area contributed by atoms with Gasteiger partial charge >= 0.3 is 5.97 Å². The van der Waals surface area contributed by atoms with E-state index in [1.807, 2.05) is 0 Å². The number of carbonyl (C=O) groups is 2. The third-order valence-corrected chi connectivity index (χ3v) is 7.51. The van der Waals surface area contributed by atoms with Gasteiger partial charge < -0.3 is 10.1 Å². The predicted octanol–water partition coefficient (Wildman–Crippen LogP) is 4.75. The Labute approximate surface area is 185 Å². The number of esters is 1. The first-order valence-corrected chi connectivity index (χ1v) is 12.7. The minimum atomic E-state index is -3.50. The molecule has 0 fully saturated rings. The predicted molar refractivity (Wildman–Crippen MR) is 119 cm³/mol. The first kappa shape index (κ1) is 22.8. The third-order valence-electron chi connectivity index (χ3n) is 4.90. The van der Waals surface area contributed by atoms with Crippen LogP contribution >= 0.6 is 22.9 Å². The van der Waals surface area contributed by atoms with Gasteiger partial charge in [0.2, 0.25) is 0 Å². The lowest BCUT2D eigenvalue weighted by molar-refractivity contribution is 0.0378. The lowest BCUT2D eigenvalue weighted by Crippen LogP contribution is -2.19. The molecule has 0 saturated heterocycles. The molecule has 9 heteroatoms. The Balaban J connectivity index is 2.00. The summed E-state index contributed by atoms with van der Waals surface area (Å²) < 4.78 is 29.1. The summed E-state index contributed by atoms with van der Waals surface area (Å²) in [5.41, 5.74) is 1.34. The maximum Gasteiger partial charge on any atom is 0.341 e. The zero-order valence-corrected chi connectivity index (χ0v) is 19.6. The summed E-state index contributed by atoms with van der Waals surface area (Å²) in [6.07, 6.45) is 3.31. The number of hydrogen-bond donors (Lipinski definition) is 1. The van der Waals surface area contributed by atoms with E-state index in [1.165, 1.54) is 29.5 Å². The van der Waals surface area contributed by atoms with E-state index in [1.54, 1.807) is 13.8 Å². The first-order chi connectivity index (χ1) is 14.0.